The standard InChI is InChI=1S/C47H89O12P/c1-3-5-7-9-11-13-15-17-19-20-21-22-24-26-28-30-32-34-36-41(48)58-40(39-57-60(54,55)59-47-45(52)43(50)42(49)44(51)46(47)53)38-56-37-35-33-31-29-27-25-23-18-16-14-12-10-8-6-4-2/h10,12,16,18,40,42-47,49-53H,3-9,11,13-15,17,19-39H2,1-2H3,(H,54,55)/b12-10-,18-16-. The number of aliphatic hydroxyl groups is 5. The van der Waals surface area contributed by atoms with Gasteiger partial charge in [0.1, 0.15) is 42.7 Å². The molecule has 0 amide bonds. The fourth-order valence-electron chi connectivity index (χ4n) is 7.43. The van der Waals surface area contributed by atoms with Gasteiger partial charge in [0.05, 0.1) is 13.2 Å². The SMILES string of the molecule is CCCC/C=C\C/C=C\CCCCCCCCOCC(COP(=O)(O)OC1C(O)C(O)C(O)C(O)C1O)OC(=O)CCCCCCCCCCCCCCCCCCCC. The molecule has 1 fully saturated rings. The first-order valence-electron chi connectivity index (χ1n) is 24.2. The van der Waals surface area contributed by atoms with E-state index < -0.39 is 63.1 Å². The van der Waals surface area contributed by atoms with Crippen LogP contribution >= 0.6 is 7.82 Å². The third-order valence-electron chi connectivity index (χ3n) is 11.3. The number of aliphatic hydroxyl groups excluding tert-OH is 5. The van der Waals surface area contributed by atoms with Crippen LogP contribution in [0.3, 0.4) is 0 Å². The van der Waals surface area contributed by atoms with E-state index in [-0.39, 0.29) is 13.0 Å². The Bertz CT molecular complexity index is 1090. The molecule has 0 heterocycles. The first-order chi connectivity index (χ1) is 29.0. The maximum Gasteiger partial charge on any atom is 0.472 e. The van der Waals surface area contributed by atoms with Crippen LogP contribution < -0.4 is 0 Å². The highest BCUT2D eigenvalue weighted by Crippen LogP contribution is 2.47. The predicted molar refractivity (Wildman–Crippen MR) is 240 cm³/mol. The molecule has 0 bridgehead atoms. The molecule has 1 saturated carbocycles. The van der Waals surface area contributed by atoms with E-state index in [0.29, 0.717) is 13.0 Å². The average molecular weight is 877 g/mol. The van der Waals surface area contributed by atoms with Gasteiger partial charge in [-0.2, -0.15) is 0 Å². The molecule has 0 aromatic heterocycles. The van der Waals surface area contributed by atoms with Crippen molar-refractivity contribution in [1.29, 1.82) is 0 Å². The quantitative estimate of drug-likeness (QED) is 0.0148. The number of ether oxygens (including phenoxy) is 2. The van der Waals surface area contributed by atoms with Crippen LogP contribution in [-0.4, -0.2) is 98.9 Å². The Morgan fingerprint density at radius 3 is 1.45 bits per heavy atom. The Labute approximate surface area is 364 Å². The molecular weight excluding hydrogens is 787 g/mol. The first kappa shape index (κ1) is 56.8. The third kappa shape index (κ3) is 30.0. The molecule has 1 aliphatic carbocycles. The fraction of sp³-hybridized carbons (Fsp3) is 0.894. The van der Waals surface area contributed by atoms with Crippen molar-refractivity contribution in [2.75, 3.05) is 19.8 Å². The zero-order valence-electron chi connectivity index (χ0n) is 37.8. The fourth-order valence-corrected chi connectivity index (χ4v) is 8.40. The molecular formula is C47H89O12P. The lowest BCUT2D eigenvalue weighted by atomic mass is 9.85. The number of esters is 1. The number of hydrogen-bond acceptors (Lipinski definition) is 11. The van der Waals surface area contributed by atoms with Gasteiger partial charge in [0, 0.05) is 13.0 Å². The Balaban J connectivity index is 2.37. The number of carbonyl (C=O) groups excluding carboxylic acids is 1. The molecule has 6 unspecified atom stereocenters. The van der Waals surface area contributed by atoms with E-state index >= 15 is 0 Å². The summed E-state index contributed by atoms with van der Waals surface area (Å²) in [4.78, 5) is 23.2. The Morgan fingerprint density at radius 1 is 0.533 bits per heavy atom. The summed E-state index contributed by atoms with van der Waals surface area (Å²) in [5, 5.41) is 50.2. The number of unbranched alkanes of at least 4 members (excludes halogenated alkanes) is 25. The molecule has 0 aromatic carbocycles. The Morgan fingerprint density at radius 2 is 0.950 bits per heavy atom. The average Bonchev–Trinajstić information content (AvgIpc) is 3.23. The molecule has 6 N–H and O–H groups in total. The highest BCUT2D eigenvalue weighted by molar-refractivity contribution is 7.47. The molecule has 12 nitrogen and oxygen atoms in total. The summed E-state index contributed by atoms with van der Waals surface area (Å²) in [5.74, 6) is -0.478. The summed E-state index contributed by atoms with van der Waals surface area (Å²) in [6.45, 7) is 4.22. The first-order valence-corrected chi connectivity index (χ1v) is 25.7. The van der Waals surface area contributed by atoms with Crippen LogP contribution in [0, 0.1) is 0 Å². The van der Waals surface area contributed by atoms with Crippen molar-refractivity contribution in [1.82, 2.24) is 0 Å². The lowest BCUT2D eigenvalue weighted by Crippen LogP contribution is -2.64. The van der Waals surface area contributed by atoms with Crippen LogP contribution in [0.4, 0.5) is 0 Å². The maximum absolute atomic E-state index is 12.8. The van der Waals surface area contributed by atoms with E-state index in [1.54, 1.807) is 0 Å². The summed E-state index contributed by atoms with van der Waals surface area (Å²) in [6, 6.07) is 0. The summed E-state index contributed by atoms with van der Waals surface area (Å²) >= 11 is 0. The second kappa shape index (κ2) is 38.3. The van der Waals surface area contributed by atoms with Crippen LogP contribution in [0.2, 0.25) is 0 Å². The van der Waals surface area contributed by atoms with Gasteiger partial charge >= 0.3 is 13.8 Å². The van der Waals surface area contributed by atoms with Gasteiger partial charge in [0.2, 0.25) is 0 Å². The van der Waals surface area contributed by atoms with Crippen molar-refractivity contribution in [3.63, 3.8) is 0 Å². The summed E-state index contributed by atoms with van der Waals surface area (Å²) in [7, 11) is -5.02. The van der Waals surface area contributed by atoms with Gasteiger partial charge in [0.25, 0.3) is 0 Å². The van der Waals surface area contributed by atoms with E-state index in [1.165, 1.54) is 116 Å². The Hall–Kier alpha value is -1.18. The van der Waals surface area contributed by atoms with Crippen molar-refractivity contribution in [3.05, 3.63) is 24.3 Å². The number of carbonyl (C=O) groups is 1. The normalized spacial score (nSPS) is 22.5. The number of hydrogen-bond donors (Lipinski definition) is 6. The largest absolute Gasteiger partial charge is 0.472 e. The van der Waals surface area contributed by atoms with Crippen molar-refractivity contribution in [2.24, 2.45) is 0 Å². The van der Waals surface area contributed by atoms with E-state index in [0.717, 1.165) is 64.2 Å². The van der Waals surface area contributed by atoms with Crippen LogP contribution in [0.1, 0.15) is 206 Å². The highest BCUT2D eigenvalue weighted by atomic mass is 31.2. The maximum atomic E-state index is 12.8. The van der Waals surface area contributed by atoms with Crippen molar-refractivity contribution in [3.8, 4) is 0 Å². The third-order valence-corrected chi connectivity index (χ3v) is 12.3. The van der Waals surface area contributed by atoms with Gasteiger partial charge in [-0.1, -0.05) is 186 Å². The van der Waals surface area contributed by atoms with Crippen LogP contribution in [0.25, 0.3) is 0 Å². The molecule has 354 valence electrons. The van der Waals surface area contributed by atoms with Crippen molar-refractivity contribution in [2.45, 2.75) is 249 Å². The van der Waals surface area contributed by atoms with Gasteiger partial charge in [-0.15, -0.1) is 0 Å². The van der Waals surface area contributed by atoms with E-state index in [2.05, 4.69) is 38.2 Å². The molecule has 0 radical (unpaired) electrons. The second-order valence-corrected chi connectivity index (χ2v) is 18.4. The molecule has 0 aliphatic heterocycles. The van der Waals surface area contributed by atoms with Gasteiger partial charge in [-0.25, -0.2) is 4.57 Å². The molecule has 0 aromatic rings. The lowest BCUT2D eigenvalue weighted by Gasteiger charge is -2.41. The zero-order chi connectivity index (χ0) is 44.1. The smallest absolute Gasteiger partial charge is 0.457 e. The molecule has 1 aliphatic rings. The number of phosphoric ester groups is 1. The minimum Gasteiger partial charge on any atom is -0.457 e. The van der Waals surface area contributed by atoms with Gasteiger partial charge in [-0.3, -0.25) is 13.8 Å². The molecule has 1 rings (SSSR count). The minimum atomic E-state index is -5.02. The highest BCUT2D eigenvalue weighted by Gasteiger charge is 2.51. The minimum absolute atomic E-state index is 0.0801. The summed E-state index contributed by atoms with van der Waals surface area (Å²) < 4.78 is 34.2. The van der Waals surface area contributed by atoms with Crippen molar-refractivity contribution >= 4 is 13.8 Å². The monoisotopic (exact) mass is 877 g/mol. The van der Waals surface area contributed by atoms with Gasteiger partial charge in [-0.05, 0) is 38.5 Å². The van der Waals surface area contributed by atoms with Gasteiger partial charge in [0.15, 0.2) is 0 Å². The topological polar surface area (TPSA) is 192 Å². The number of phosphoric acid groups is 1. The zero-order valence-corrected chi connectivity index (χ0v) is 38.7. The predicted octanol–water partition coefficient (Wildman–Crippen LogP) is 10.1. The van der Waals surface area contributed by atoms with Gasteiger partial charge < -0.3 is 39.9 Å². The summed E-state index contributed by atoms with van der Waals surface area (Å²) in [6.07, 6.45) is 31.0. The van der Waals surface area contributed by atoms with E-state index in [4.69, 9.17) is 18.5 Å². The number of allylic oxidation sites excluding steroid dienone is 4. The second-order valence-electron chi connectivity index (χ2n) is 17.0. The summed E-state index contributed by atoms with van der Waals surface area (Å²) in [5.41, 5.74) is 0. The van der Waals surface area contributed by atoms with Crippen LogP contribution in [-0.2, 0) is 27.9 Å². The molecule has 13 heteroatoms. The van der Waals surface area contributed by atoms with Crippen molar-refractivity contribution < 1.29 is 58.3 Å². The molecule has 0 spiro atoms. The van der Waals surface area contributed by atoms with E-state index in [1.807, 2.05) is 0 Å². The van der Waals surface area contributed by atoms with Crippen LogP contribution in [0.5, 0.6) is 0 Å². The van der Waals surface area contributed by atoms with E-state index in [9.17, 15) is 39.8 Å². The molecule has 6 atom stereocenters. The Kier molecular flexibility index (Phi) is 36.3. The molecule has 60 heavy (non-hydrogen) atoms. The molecule has 0 saturated heterocycles. The van der Waals surface area contributed by atoms with Crippen LogP contribution in [0.15, 0.2) is 24.3 Å². The number of rotatable bonds is 41. The lowest BCUT2D eigenvalue weighted by molar-refractivity contribution is -0.220.